The van der Waals surface area contributed by atoms with Crippen LogP contribution in [0.2, 0.25) is 0 Å². The Hall–Kier alpha value is -0.0400. The van der Waals surface area contributed by atoms with E-state index in [2.05, 4.69) is 27.7 Å². The molecular weight excluding hydrogens is 136 g/mol. The molecule has 0 fully saturated rings. The van der Waals surface area contributed by atoms with Gasteiger partial charge >= 0.3 is 0 Å². The predicted molar refractivity (Wildman–Crippen MR) is 49.6 cm³/mol. The molecule has 1 nitrogen and oxygen atoms in total. The van der Waals surface area contributed by atoms with Gasteiger partial charge < -0.3 is 5.11 Å². The Balaban J connectivity index is 3.91. The van der Waals surface area contributed by atoms with Crippen LogP contribution in [0.25, 0.3) is 0 Å². The molecule has 0 radical (unpaired) electrons. The summed E-state index contributed by atoms with van der Waals surface area (Å²) < 4.78 is 0. The van der Waals surface area contributed by atoms with Crippen molar-refractivity contribution in [1.82, 2.24) is 0 Å². The zero-order chi connectivity index (χ0) is 9.12. The van der Waals surface area contributed by atoms with Gasteiger partial charge in [0.1, 0.15) is 0 Å². The van der Waals surface area contributed by atoms with Gasteiger partial charge in [-0.2, -0.15) is 0 Å². The minimum absolute atomic E-state index is 0.235. The van der Waals surface area contributed by atoms with Crippen molar-refractivity contribution >= 4 is 0 Å². The SMILES string of the molecule is CCCC(C)(O)CC(C)(C)C. The van der Waals surface area contributed by atoms with E-state index >= 15 is 0 Å². The Bertz CT molecular complexity index is 109. The lowest BCUT2D eigenvalue weighted by Gasteiger charge is -2.30. The van der Waals surface area contributed by atoms with E-state index in [0.717, 1.165) is 19.3 Å². The minimum atomic E-state index is -0.465. The van der Waals surface area contributed by atoms with Crippen molar-refractivity contribution in [2.75, 3.05) is 0 Å². The second kappa shape index (κ2) is 3.57. The molecule has 0 saturated heterocycles. The van der Waals surface area contributed by atoms with Gasteiger partial charge in [0.2, 0.25) is 0 Å². The van der Waals surface area contributed by atoms with Crippen molar-refractivity contribution in [3.05, 3.63) is 0 Å². The standard InChI is InChI=1S/C10H22O/c1-6-7-10(5,11)8-9(2,3)4/h11H,6-8H2,1-5H3. The van der Waals surface area contributed by atoms with Gasteiger partial charge in [0, 0.05) is 0 Å². The smallest absolute Gasteiger partial charge is 0.0624 e. The largest absolute Gasteiger partial charge is 0.390 e. The quantitative estimate of drug-likeness (QED) is 0.669. The second-order valence-electron chi connectivity index (χ2n) is 4.98. The van der Waals surface area contributed by atoms with Gasteiger partial charge in [0.05, 0.1) is 5.60 Å². The number of hydrogen-bond acceptors (Lipinski definition) is 1. The highest BCUT2D eigenvalue weighted by atomic mass is 16.3. The lowest BCUT2D eigenvalue weighted by atomic mass is 9.81. The van der Waals surface area contributed by atoms with Crippen LogP contribution in [-0.2, 0) is 0 Å². The molecule has 1 N–H and O–H groups in total. The molecule has 0 aromatic rings. The zero-order valence-corrected chi connectivity index (χ0v) is 8.57. The Morgan fingerprint density at radius 3 is 1.82 bits per heavy atom. The third kappa shape index (κ3) is 6.36. The molecule has 0 spiro atoms. The first-order chi connectivity index (χ1) is 4.77. The molecule has 68 valence electrons. The average Bonchev–Trinajstić information content (AvgIpc) is 1.55. The van der Waals surface area contributed by atoms with Crippen molar-refractivity contribution < 1.29 is 5.11 Å². The summed E-state index contributed by atoms with van der Waals surface area (Å²) >= 11 is 0. The van der Waals surface area contributed by atoms with Crippen LogP contribution in [-0.4, -0.2) is 10.7 Å². The topological polar surface area (TPSA) is 20.2 Å². The number of hydrogen-bond donors (Lipinski definition) is 1. The van der Waals surface area contributed by atoms with Crippen LogP contribution < -0.4 is 0 Å². The summed E-state index contributed by atoms with van der Waals surface area (Å²) in [6.45, 7) is 10.5. The van der Waals surface area contributed by atoms with Crippen molar-refractivity contribution in [2.45, 2.75) is 59.5 Å². The first-order valence-electron chi connectivity index (χ1n) is 4.49. The maximum atomic E-state index is 9.85. The highest BCUT2D eigenvalue weighted by Crippen LogP contribution is 2.29. The lowest BCUT2D eigenvalue weighted by molar-refractivity contribution is 0.0108. The fourth-order valence-electron chi connectivity index (χ4n) is 1.77. The van der Waals surface area contributed by atoms with Crippen LogP contribution in [0.1, 0.15) is 53.9 Å². The zero-order valence-electron chi connectivity index (χ0n) is 8.57. The minimum Gasteiger partial charge on any atom is -0.390 e. The van der Waals surface area contributed by atoms with Gasteiger partial charge in [-0.25, -0.2) is 0 Å². The normalized spacial score (nSPS) is 18.0. The first-order valence-corrected chi connectivity index (χ1v) is 4.49. The molecule has 0 aromatic heterocycles. The molecule has 0 amide bonds. The summed E-state index contributed by atoms with van der Waals surface area (Å²) in [6, 6.07) is 0. The summed E-state index contributed by atoms with van der Waals surface area (Å²) in [7, 11) is 0. The van der Waals surface area contributed by atoms with Crippen LogP contribution >= 0.6 is 0 Å². The Morgan fingerprint density at radius 2 is 1.55 bits per heavy atom. The molecule has 0 bridgehead atoms. The second-order valence-corrected chi connectivity index (χ2v) is 4.98. The Morgan fingerprint density at radius 1 is 1.09 bits per heavy atom. The molecule has 11 heavy (non-hydrogen) atoms. The molecule has 0 aromatic carbocycles. The van der Waals surface area contributed by atoms with E-state index in [9.17, 15) is 5.11 Å². The molecule has 1 atom stereocenters. The number of aliphatic hydroxyl groups is 1. The van der Waals surface area contributed by atoms with Crippen LogP contribution in [0.15, 0.2) is 0 Å². The van der Waals surface area contributed by atoms with Gasteiger partial charge in [0.25, 0.3) is 0 Å². The third-order valence-corrected chi connectivity index (χ3v) is 1.70. The molecule has 0 aliphatic carbocycles. The van der Waals surface area contributed by atoms with E-state index in [4.69, 9.17) is 0 Å². The van der Waals surface area contributed by atoms with Crippen LogP contribution in [0.5, 0.6) is 0 Å². The van der Waals surface area contributed by atoms with Gasteiger partial charge in [-0.3, -0.25) is 0 Å². The van der Waals surface area contributed by atoms with Crippen LogP contribution in [0.3, 0.4) is 0 Å². The van der Waals surface area contributed by atoms with Crippen molar-refractivity contribution in [3.63, 3.8) is 0 Å². The predicted octanol–water partition coefficient (Wildman–Crippen LogP) is 2.97. The Labute approximate surface area is 70.8 Å². The highest BCUT2D eigenvalue weighted by molar-refractivity contribution is 4.78. The molecule has 0 heterocycles. The van der Waals surface area contributed by atoms with E-state index in [0.29, 0.717) is 0 Å². The monoisotopic (exact) mass is 158 g/mol. The summed E-state index contributed by atoms with van der Waals surface area (Å²) in [4.78, 5) is 0. The van der Waals surface area contributed by atoms with Crippen molar-refractivity contribution in [2.24, 2.45) is 5.41 Å². The van der Waals surface area contributed by atoms with Gasteiger partial charge in [-0.05, 0) is 25.2 Å². The maximum Gasteiger partial charge on any atom is 0.0624 e. The van der Waals surface area contributed by atoms with Gasteiger partial charge in [0.15, 0.2) is 0 Å². The fraction of sp³-hybridized carbons (Fsp3) is 1.00. The third-order valence-electron chi connectivity index (χ3n) is 1.70. The average molecular weight is 158 g/mol. The molecule has 0 rings (SSSR count). The van der Waals surface area contributed by atoms with E-state index in [-0.39, 0.29) is 5.41 Å². The highest BCUT2D eigenvalue weighted by Gasteiger charge is 2.26. The summed E-state index contributed by atoms with van der Waals surface area (Å²) in [5.74, 6) is 0. The molecule has 1 heteroatoms. The molecule has 0 aliphatic rings. The van der Waals surface area contributed by atoms with Crippen LogP contribution in [0.4, 0.5) is 0 Å². The molecule has 0 saturated carbocycles. The van der Waals surface area contributed by atoms with Gasteiger partial charge in [-0.15, -0.1) is 0 Å². The molecule has 0 aliphatic heterocycles. The molecular formula is C10H22O. The Kier molecular flexibility index (Phi) is 3.56. The number of rotatable bonds is 3. The molecule has 1 unspecified atom stereocenters. The maximum absolute atomic E-state index is 9.85. The summed E-state index contributed by atoms with van der Waals surface area (Å²) in [6.07, 6.45) is 2.85. The van der Waals surface area contributed by atoms with E-state index < -0.39 is 5.60 Å². The van der Waals surface area contributed by atoms with Crippen LogP contribution in [0, 0.1) is 5.41 Å². The lowest BCUT2D eigenvalue weighted by Crippen LogP contribution is -2.29. The van der Waals surface area contributed by atoms with Gasteiger partial charge in [-0.1, -0.05) is 34.1 Å². The fourth-order valence-corrected chi connectivity index (χ4v) is 1.77. The summed E-state index contributed by atoms with van der Waals surface area (Å²) in [5, 5.41) is 9.85. The van der Waals surface area contributed by atoms with Crippen molar-refractivity contribution in [3.8, 4) is 0 Å². The van der Waals surface area contributed by atoms with E-state index in [1.807, 2.05) is 6.92 Å². The van der Waals surface area contributed by atoms with E-state index in [1.165, 1.54) is 0 Å². The van der Waals surface area contributed by atoms with Crippen molar-refractivity contribution in [1.29, 1.82) is 0 Å². The summed E-state index contributed by atoms with van der Waals surface area (Å²) in [5.41, 5.74) is -0.230. The first kappa shape index (κ1) is 11.0. The van der Waals surface area contributed by atoms with E-state index in [1.54, 1.807) is 0 Å².